The van der Waals surface area contributed by atoms with E-state index in [2.05, 4.69) is 10.2 Å². The van der Waals surface area contributed by atoms with Crippen LogP contribution >= 0.6 is 12.4 Å². The summed E-state index contributed by atoms with van der Waals surface area (Å²) >= 11 is 0. The minimum absolute atomic E-state index is 0. The van der Waals surface area contributed by atoms with E-state index >= 15 is 0 Å². The minimum Gasteiger partial charge on any atom is -0.489 e. The maximum atomic E-state index is 13.6. The summed E-state index contributed by atoms with van der Waals surface area (Å²) in [6.45, 7) is 0.202. The van der Waals surface area contributed by atoms with Gasteiger partial charge in [0.15, 0.2) is 0 Å². The lowest BCUT2D eigenvalue weighted by atomic mass is 10.0. The van der Waals surface area contributed by atoms with Gasteiger partial charge in [0.2, 0.25) is 5.91 Å². The molecular formula is C20H24ClFN2O2. The number of hydrogen-bond donors (Lipinski definition) is 1. The number of carbonyl (C=O) groups is 1. The highest BCUT2D eigenvalue weighted by molar-refractivity contribution is 5.85. The Labute approximate surface area is 159 Å². The quantitative estimate of drug-likeness (QED) is 0.862. The molecule has 1 amide bonds. The average Bonchev–Trinajstić information content (AvgIpc) is 3.02. The number of ether oxygens (including phenoxy) is 1. The molecule has 0 saturated carbocycles. The fourth-order valence-electron chi connectivity index (χ4n) is 3.39. The van der Waals surface area contributed by atoms with Crippen LogP contribution in [-0.4, -0.2) is 30.9 Å². The molecule has 1 heterocycles. The molecule has 0 spiro atoms. The molecule has 3 rings (SSSR count). The molecular weight excluding hydrogens is 355 g/mol. The van der Waals surface area contributed by atoms with Crippen LogP contribution in [0.15, 0.2) is 48.5 Å². The summed E-state index contributed by atoms with van der Waals surface area (Å²) in [6, 6.07) is 14.6. The summed E-state index contributed by atoms with van der Waals surface area (Å²) in [4.78, 5) is 14.0. The maximum absolute atomic E-state index is 13.6. The second kappa shape index (κ2) is 9.01. The molecule has 2 atom stereocenters. The molecule has 1 saturated heterocycles. The highest BCUT2D eigenvalue weighted by Gasteiger charge is 2.35. The van der Waals surface area contributed by atoms with Crippen LogP contribution in [-0.2, 0) is 11.4 Å². The third kappa shape index (κ3) is 4.34. The van der Waals surface area contributed by atoms with Crippen molar-refractivity contribution in [2.24, 2.45) is 0 Å². The molecule has 0 aliphatic carbocycles. The number of likely N-dealkylation sites (tertiary alicyclic amines) is 1. The lowest BCUT2D eigenvalue weighted by Gasteiger charge is -2.25. The SMILES string of the molecule is CNC(=O)[C@@H]1CC[C@H](c2ccc(OCc3ccccc3F)cc2)N1C.Cl. The predicted molar refractivity (Wildman–Crippen MR) is 102 cm³/mol. The van der Waals surface area contributed by atoms with E-state index in [9.17, 15) is 9.18 Å². The molecule has 140 valence electrons. The zero-order chi connectivity index (χ0) is 17.8. The van der Waals surface area contributed by atoms with Crippen LogP contribution in [0, 0.1) is 5.82 Å². The summed E-state index contributed by atoms with van der Waals surface area (Å²) in [5.74, 6) is 0.511. The smallest absolute Gasteiger partial charge is 0.237 e. The van der Waals surface area contributed by atoms with Gasteiger partial charge in [-0.15, -0.1) is 12.4 Å². The first-order valence-electron chi connectivity index (χ1n) is 8.50. The Morgan fingerprint density at radius 2 is 1.88 bits per heavy atom. The van der Waals surface area contributed by atoms with Gasteiger partial charge < -0.3 is 10.1 Å². The van der Waals surface area contributed by atoms with Crippen LogP contribution in [0.2, 0.25) is 0 Å². The molecule has 1 aliphatic rings. The Bertz CT molecular complexity index is 739. The minimum atomic E-state index is -0.257. The van der Waals surface area contributed by atoms with Gasteiger partial charge in [-0.2, -0.15) is 0 Å². The maximum Gasteiger partial charge on any atom is 0.237 e. The van der Waals surface area contributed by atoms with Crippen molar-refractivity contribution < 1.29 is 13.9 Å². The van der Waals surface area contributed by atoms with E-state index in [1.807, 2.05) is 31.3 Å². The number of likely N-dealkylation sites (N-methyl/N-ethyl adjacent to an activating group) is 2. The van der Waals surface area contributed by atoms with Gasteiger partial charge in [-0.05, 0) is 43.7 Å². The first-order chi connectivity index (χ1) is 12.1. The van der Waals surface area contributed by atoms with Gasteiger partial charge in [0, 0.05) is 18.7 Å². The molecule has 4 nitrogen and oxygen atoms in total. The Morgan fingerprint density at radius 1 is 1.19 bits per heavy atom. The summed E-state index contributed by atoms with van der Waals surface area (Å²) in [5.41, 5.74) is 1.70. The van der Waals surface area contributed by atoms with E-state index in [4.69, 9.17) is 4.74 Å². The van der Waals surface area contributed by atoms with Gasteiger partial charge in [-0.1, -0.05) is 30.3 Å². The number of nitrogens with zero attached hydrogens (tertiary/aromatic N) is 1. The largest absolute Gasteiger partial charge is 0.489 e. The van der Waals surface area contributed by atoms with E-state index in [1.165, 1.54) is 6.07 Å². The van der Waals surface area contributed by atoms with Crippen LogP contribution in [0.5, 0.6) is 5.75 Å². The number of amides is 1. The molecule has 0 unspecified atom stereocenters. The summed E-state index contributed by atoms with van der Waals surface area (Å²) in [6.07, 6.45) is 1.80. The van der Waals surface area contributed by atoms with Crippen molar-refractivity contribution >= 4 is 18.3 Å². The average molecular weight is 379 g/mol. The standard InChI is InChI=1S/C20H23FN2O2.ClH/c1-22-20(24)19-12-11-18(23(19)2)14-7-9-16(10-8-14)25-13-15-5-3-4-6-17(15)21;/h3-10,18-19H,11-13H2,1-2H3,(H,22,24);1H/t18-,19+;/m1./s1. The number of carbonyl (C=O) groups excluding carboxylic acids is 1. The van der Waals surface area contributed by atoms with Crippen molar-refractivity contribution in [1.29, 1.82) is 0 Å². The molecule has 0 bridgehead atoms. The van der Waals surface area contributed by atoms with Gasteiger partial charge in [0.05, 0.1) is 6.04 Å². The summed E-state index contributed by atoms with van der Waals surface area (Å²) in [5, 5.41) is 2.72. The van der Waals surface area contributed by atoms with Crippen molar-refractivity contribution in [3.05, 3.63) is 65.5 Å². The van der Waals surface area contributed by atoms with Gasteiger partial charge in [-0.25, -0.2) is 4.39 Å². The highest BCUT2D eigenvalue weighted by Crippen LogP contribution is 2.35. The monoisotopic (exact) mass is 378 g/mol. The van der Waals surface area contributed by atoms with E-state index in [-0.39, 0.29) is 42.8 Å². The fourth-order valence-corrected chi connectivity index (χ4v) is 3.39. The predicted octanol–water partition coefficient (Wildman–Crippen LogP) is 3.71. The molecule has 1 N–H and O–H groups in total. The van der Waals surface area contributed by atoms with E-state index in [0.717, 1.165) is 18.4 Å². The molecule has 2 aromatic carbocycles. The van der Waals surface area contributed by atoms with Crippen LogP contribution in [0.1, 0.15) is 30.0 Å². The molecule has 1 fully saturated rings. The first-order valence-corrected chi connectivity index (χ1v) is 8.50. The highest BCUT2D eigenvalue weighted by atomic mass is 35.5. The van der Waals surface area contributed by atoms with Crippen molar-refractivity contribution in [2.75, 3.05) is 14.1 Å². The van der Waals surface area contributed by atoms with Crippen LogP contribution in [0.4, 0.5) is 4.39 Å². The van der Waals surface area contributed by atoms with Gasteiger partial charge >= 0.3 is 0 Å². The lowest BCUT2D eigenvalue weighted by Crippen LogP contribution is -2.40. The fraction of sp³-hybridized carbons (Fsp3) is 0.350. The number of nitrogens with one attached hydrogen (secondary N) is 1. The Balaban J connectivity index is 0.00000243. The number of hydrogen-bond acceptors (Lipinski definition) is 3. The Kier molecular flexibility index (Phi) is 7.00. The first kappa shape index (κ1) is 20.2. The normalized spacial score (nSPS) is 19.7. The van der Waals surface area contributed by atoms with Gasteiger partial charge in [-0.3, -0.25) is 9.69 Å². The molecule has 1 aliphatic heterocycles. The van der Waals surface area contributed by atoms with Gasteiger partial charge in [0.25, 0.3) is 0 Å². The summed E-state index contributed by atoms with van der Waals surface area (Å²) < 4.78 is 19.3. The van der Waals surface area contributed by atoms with E-state index in [1.54, 1.807) is 25.2 Å². The van der Waals surface area contributed by atoms with E-state index in [0.29, 0.717) is 11.3 Å². The molecule has 26 heavy (non-hydrogen) atoms. The number of halogens is 2. The number of rotatable bonds is 5. The zero-order valence-corrected chi connectivity index (χ0v) is 15.8. The topological polar surface area (TPSA) is 41.6 Å². The zero-order valence-electron chi connectivity index (χ0n) is 14.9. The van der Waals surface area contributed by atoms with Crippen LogP contribution in [0.25, 0.3) is 0 Å². The molecule has 2 aromatic rings. The Morgan fingerprint density at radius 3 is 2.54 bits per heavy atom. The number of benzene rings is 2. The van der Waals surface area contributed by atoms with Crippen molar-refractivity contribution in [1.82, 2.24) is 10.2 Å². The van der Waals surface area contributed by atoms with Crippen molar-refractivity contribution in [3.8, 4) is 5.75 Å². The lowest BCUT2D eigenvalue weighted by molar-refractivity contribution is -0.124. The van der Waals surface area contributed by atoms with Gasteiger partial charge in [0.1, 0.15) is 18.2 Å². The Hall–Kier alpha value is -2.11. The van der Waals surface area contributed by atoms with Crippen LogP contribution < -0.4 is 10.1 Å². The van der Waals surface area contributed by atoms with Crippen LogP contribution in [0.3, 0.4) is 0 Å². The third-order valence-corrected chi connectivity index (χ3v) is 4.86. The van der Waals surface area contributed by atoms with Crippen molar-refractivity contribution in [2.45, 2.75) is 31.5 Å². The molecule has 0 aromatic heterocycles. The second-order valence-electron chi connectivity index (χ2n) is 6.34. The second-order valence-corrected chi connectivity index (χ2v) is 6.34. The molecule has 6 heteroatoms. The molecule has 0 radical (unpaired) electrons. The summed E-state index contributed by atoms with van der Waals surface area (Å²) in [7, 11) is 3.66. The third-order valence-electron chi connectivity index (χ3n) is 4.86. The van der Waals surface area contributed by atoms with Crippen molar-refractivity contribution in [3.63, 3.8) is 0 Å². The van der Waals surface area contributed by atoms with E-state index < -0.39 is 0 Å².